The number of H-pyrrole nitrogens is 1. The molecule has 0 spiro atoms. The lowest BCUT2D eigenvalue weighted by atomic mass is 10.0. The van der Waals surface area contributed by atoms with Crippen molar-refractivity contribution < 1.29 is 9.84 Å². The number of nitrogens with zero attached hydrogens (tertiary/aromatic N) is 1. The minimum absolute atomic E-state index is 0.206. The normalized spacial score (nSPS) is 11.0. The maximum atomic E-state index is 13.4. The monoisotopic (exact) mass is 442 g/mol. The van der Waals surface area contributed by atoms with Crippen LogP contribution in [0.3, 0.4) is 0 Å². The Morgan fingerprint density at radius 1 is 0.906 bits per heavy atom. The first-order valence-electron chi connectivity index (χ1n) is 9.86. The first kappa shape index (κ1) is 19.8. The highest BCUT2D eigenvalue weighted by molar-refractivity contribution is 7.17. The van der Waals surface area contributed by atoms with E-state index in [1.165, 1.54) is 18.4 Å². The Morgan fingerprint density at radius 3 is 2.41 bits per heavy atom. The molecule has 3 aromatic carbocycles. The second kappa shape index (κ2) is 7.86. The lowest BCUT2D eigenvalue weighted by Gasteiger charge is -2.08. The molecule has 5 aromatic rings. The molecular formula is C25H18N2O4S. The number of rotatable bonds is 4. The Bertz CT molecular complexity index is 1560. The molecular weight excluding hydrogens is 424 g/mol. The summed E-state index contributed by atoms with van der Waals surface area (Å²) in [6.07, 6.45) is 0. The molecule has 0 saturated carbocycles. The zero-order valence-corrected chi connectivity index (χ0v) is 17.8. The van der Waals surface area contributed by atoms with E-state index in [0.717, 1.165) is 26.8 Å². The Labute approximate surface area is 186 Å². The van der Waals surface area contributed by atoms with E-state index in [4.69, 9.17) is 4.74 Å². The average molecular weight is 442 g/mol. The number of aromatic nitrogens is 2. The van der Waals surface area contributed by atoms with Crippen LogP contribution in [0.1, 0.15) is 0 Å². The lowest BCUT2D eigenvalue weighted by molar-refractivity contribution is 0.414. The van der Waals surface area contributed by atoms with Crippen LogP contribution >= 0.6 is 11.3 Å². The van der Waals surface area contributed by atoms with E-state index in [1.807, 2.05) is 35.7 Å². The van der Waals surface area contributed by atoms with Crippen LogP contribution in [-0.4, -0.2) is 21.8 Å². The van der Waals surface area contributed by atoms with Gasteiger partial charge in [-0.05, 0) is 41.0 Å². The number of phenolic OH excluding ortho intramolecular Hbond substituents is 1. The number of hydrogen-bond acceptors (Lipinski definition) is 5. The van der Waals surface area contributed by atoms with Gasteiger partial charge in [0.25, 0.3) is 5.56 Å². The molecule has 0 aliphatic carbocycles. The van der Waals surface area contributed by atoms with Crippen LogP contribution in [0.2, 0.25) is 0 Å². The number of phenols is 1. The second-order valence-corrected chi connectivity index (χ2v) is 8.13. The molecule has 0 saturated heterocycles. The van der Waals surface area contributed by atoms with Gasteiger partial charge in [0.2, 0.25) is 0 Å². The van der Waals surface area contributed by atoms with E-state index in [9.17, 15) is 14.7 Å². The molecule has 158 valence electrons. The van der Waals surface area contributed by atoms with E-state index in [1.54, 1.807) is 42.5 Å². The number of benzene rings is 3. The molecule has 0 radical (unpaired) electrons. The fourth-order valence-corrected chi connectivity index (χ4v) is 4.69. The summed E-state index contributed by atoms with van der Waals surface area (Å²) < 4.78 is 6.36. The van der Waals surface area contributed by atoms with E-state index in [0.29, 0.717) is 21.7 Å². The molecule has 2 aromatic heterocycles. The van der Waals surface area contributed by atoms with Crippen LogP contribution in [0.15, 0.2) is 87.8 Å². The molecule has 2 heterocycles. The van der Waals surface area contributed by atoms with Gasteiger partial charge >= 0.3 is 5.69 Å². The Hall–Kier alpha value is -4.10. The molecule has 0 amide bonds. The summed E-state index contributed by atoms with van der Waals surface area (Å²) in [6.45, 7) is 0. The molecule has 0 fully saturated rings. The third-order valence-corrected chi connectivity index (χ3v) is 6.21. The van der Waals surface area contributed by atoms with Crippen LogP contribution < -0.4 is 16.0 Å². The van der Waals surface area contributed by atoms with Gasteiger partial charge in [-0.2, -0.15) is 0 Å². The molecule has 0 bridgehead atoms. The molecule has 7 heteroatoms. The summed E-state index contributed by atoms with van der Waals surface area (Å²) in [5.74, 6) is 0.763. The molecule has 0 unspecified atom stereocenters. The lowest BCUT2D eigenvalue weighted by Crippen LogP contribution is -2.33. The summed E-state index contributed by atoms with van der Waals surface area (Å²) in [5, 5.41) is 12.1. The largest absolute Gasteiger partial charge is 0.508 e. The van der Waals surface area contributed by atoms with Crippen LogP contribution in [0.25, 0.3) is 38.2 Å². The number of aromatic amines is 1. The topological polar surface area (TPSA) is 84.3 Å². The van der Waals surface area contributed by atoms with Crippen molar-refractivity contribution in [1.29, 1.82) is 0 Å². The highest BCUT2D eigenvalue weighted by Crippen LogP contribution is 2.32. The SMILES string of the molecule is COc1cccc(-n2c(=O)[nH]c3scc(-c4ccc(-c5cccc(O)c5)cc4)c3c2=O)c1. The molecule has 0 aliphatic heterocycles. The number of fused-ring (bicyclic) bond motifs is 1. The average Bonchev–Trinajstić information content (AvgIpc) is 3.23. The third kappa shape index (κ3) is 3.38. The summed E-state index contributed by atoms with van der Waals surface area (Å²) in [6, 6.07) is 21.6. The third-order valence-electron chi connectivity index (χ3n) is 5.32. The fraction of sp³-hybridized carbons (Fsp3) is 0.0400. The zero-order valence-electron chi connectivity index (χ0n) is 17.0. The van der Waals surface area contributed by atoms with Crippen LogP contribution in [0.5, 0.6) is 11.5 Å². The van der Waals surface area contributed by atoms with Crippen LogP contribution in [0, 0.1) is 0 Å². The highest BCUT2D eigenvalue weighted by Gasteiger charge is 2.16. The number of nitrogens with one attached hydrogen (secondary N) is 1. The highest BCUT2D eigenvalue weighted by atomic mass is 32.1. The van der Waals surface area contributed by atoms with Gasteiger partial charge in [0.05, 0.1) is 18.2 Å². The maximum absolute atomic E-state index is 13.4. The predicted octanol–water partition coefficient (Wildman–Crippen LogP) is 4.79. The van der Waals surface area contributed by atoms with Gasteiger partial charge in [0.1, 0.15) is 16.3 Å². The van der Waals surface area contributed by atoms with Crippen LogP contribution in [-0.2, 0) is 0 Å². The van der Waals surface area contributed by atoms with Crippen molar-refractivity contribution in [3.05, 3.63) is 99.0 Å². The van der Waals surface area contributed by atoms with Crippen molar-refractivity contribution in [1.82, 2.24) is 9.55 Å². The van der Waals surface area contributed by atoms with Gasteiger partial charge in [0, 0.05) is 17.0 Å². The van der Waals surface area contributed by atoms with Crippen molar-refractivity contribution in [3.8, 4) is 39.4 Å². The first-order chi connectivity index (χ1) is 15.5. The van der Waals surface area contributed by atoms with E-state index in [-0.39, 0.29) is 11.3 Å². The number of methoxy groups -OCH3 is 1. The zero-order chi connectivity index (χ0) is 22.2. The quantitative estimate of drug-likeness (QED) is 0.419. The molecule has 6 nitrogen and oxygen atoms in total. The number of thiophene rings is 1. The van der Waals surface area contributed by atoms with Crippen molar-refractivity contribution in [2.24, 2.45) is 0 Å². The Kier molecular flexibility index (Phi) is 4.88. The van der Waals surface area contributed by atoms with Gasteiger partial charge in [-0.25, -0.2) is 9.36 Å². The Balaban J connectivity index is 1.64. The summed E-state index contributed by atoms with van der Waals surface area (Å²) in [4.78, 5) is 29.5. The predicted molar refractivity (Wildman–Crippen MR) is 127 cm³/mol. The van der Waals surface area contributed by atoms with E-state index >= 15 is 0 Å². The molecule has 0 aliphatic rings. The molecule has 2 N–H and O–H groups in total. The van der Waals surface area contributed by atoms with Gasteiger partial charge in [-0.15, -0.1) is 11.3 Å². The second-order valence-electron chi connectivity index (χ2n) is 7.25. The van der Waals surface area contributed by atoms with Gasteiger partial charge in [-0.3, -0.25) is 9.78 Å². The molecule has 5 rings (SSSR count). The van der Waals surface area contributed by atoms with Crippen LogP contribution in [0.4, 0.5) is 0 Å². The summed E-state index contributed by atoms with van der Waals surface area (Å²) in [5.41, 5.74) is 3.03. The van der Waals surface area contributed by atoms with Crippen molar-refractivity contribution in [2.75, 3.05) is 7.11 Å². The number of hydrogen-bond donors (Lipinski definition) is 2. The minimum atomic E-state index is -0.497. The fourth-order valence-electron chi connectivity index (χ4n) is 3.74. The van der Waals surface area contributed by atoms with E-state index in [2.05, 4.69) is 4.98 Å². The van der Waals surface area contributed by atoms with Gasteiger partial charge in [-0.1, -0.05) is 42.5 Å². The van der Waals surface area contributed by atoms with Gasteiger partial charge < -0.3 is 9.84 Å². The van der Waals surface area contributed by atoms with Crippen molar-refractivity contribution in [2.45, 2.75) is 0 Å². The summed E-state index contributed by atoms with van der Waals surface area (Å²) in [7, 11) is 1.53. The number of ether oxygens (including phenoxy) is 1. The first-order valence-corrected chi connectivity index (χ1v) is 10.7. The summed E-state index contributed by atoms with van der Waals surface area (Å²) >= 11 is 1.32. The maximum Gasteiger partial charge on any atom is 0.334 e. The van der Waals surface area contributed by atoms with E-state index < -0.39 is 5.69 Å². The minimum Gasteiger partial charge on any atom is -0.508 e. The Morgan fingerprint density at radius 2 is 1.66 bits per heavy atom. The smallest absolute Gasteiger partial charge is 0.334 e. The number of aromatic hydroxyl groups is 1. The van der Waals surface area contributed by atoms with Crippen molar-refractivity contribution in [3.63, 3.8) is 0 Å². The molecule has 0 atom stereocenters. The molecule has 32 heavy (non-hydrogen) atoms. The van der Waals surface area contributed by atoms with Gasteiger partial charge in [0.15, 0.2) is 0 Å². The van der Waals surface area contributed by atoms with Crippen molar-refractivity contribution >= 4 is 21.6 Å². The standard InChI is InChI=1S/C25H18N2O4S/c1-31-20-7-3-5-18(13-20)27-24(29)22-21(14-32-23(22)26-25(27)30)16-10-8-15(9-11-16)17-4-2-6-19(28)12-17/h2-14,28H,1H3,(H,26,30).